The highest BCUT2D eigenvalue weighted by atomic mass is 16.3. The summed E-state index contributed by atoms with van der Waals surface area (Å²) in [6, 6.07) is 7.55. The van der Waals surface area contributed by atoms with Gasteiger partial charge >= 0.3 is 0 Å². The summed E-state index contributed by atoms with van der Waals surface area (Å²) >= 11 is 0. The normalized spacial score (nSPS) is 13.5. The molecule has 0 unspecified atom stereocenters. The number of hydrogen-bond acceptors (Lipinski definition) is 2. The lowest BCUT2D eigenvalue weighted by Gasteiger charge is -2.04. The molecule has 0 fully saturated rings. The molecule has 62 valence electrons. The fraction of sp³-hybridized carbons (Fsp3) is 0.200. The number of rotatable bonds is 1. The zero-order valence-corrected chi connectivity index (χ0v) is 6.82. The monoisotopic (exact) mass is 162 g/mol. The summed E-state index contributed by atoms with van der Waals surface area (Å²) < 4.78 is 5.20. The van der Waals surface area contributed by atoms with Gasteiger partial charge in [0.15, 0.2) is 0 Å². The Morgan fingerprint density at radius 3 is 2.92 bits per heavy atom. The van der Waals surface area contributed by atoms with Crippen LogP contribution in [0.1, 0.15) is 18.6 Å². The maximum atomic E-state index is 9.40. The summed E-state index contributed by atoms with van der Waals surface area (Å²) in [4.78, 5) is 0. The van der Waals surface area contributed by atoms with Gasteiger partial charge in [-0.25, -0.2) is 0 Å². The van der Waals surface area contributed by atoms with Crippen LogP contribution in [0.5, 0.6) is 0 Å². The fourth-order valence-corrected chi connectivity index (χ4v) is 1.38. The van der Waals surface area contributed by atoms with E-state index in [4.69, 9.17) is 4.42 Å². The summed E-state index contributed by atoms with van der Waals surface area (Å²) in [6.07, 6.45) is 1.20. The highest BCUT2D eigenvalue weighted by Gasteiger charge is 2.06. The first-order valence-electron chi connectivity index (χ1n) is 3.93. The van der Waals surface area contributed by atoms with Gasteiger partial charge in [0.2, 0.25) is 0 Å². The van der Waals surface area contributed by atoms with Gasteiger partial charge in [0.25, 0.3) is 0 Å². The molecular weight excluding hydrogens is 152 g/mol. The van der Waals surface area contributed by atoms with Crippen LogP contribution >= 0.6 is 0 Å². The van der Waals surface area contributed by atoms with Crippen LogP contribution in [0.3, 0.4) is 0 Å². The van der Waals surface area contributed by atoms with Crippen molar-refractivity contribution in [3.05, 3.63) is 36.1 Å². The van der Waals surface area contributed by atoms with E-state index in [0.29, 0.717) is 0 Å². The number of aliphatic hydroxyl groups excluding tert-OH is 1. The minimum atomic E-state index is -0.439. The van der Waals surface area contributed by atoms with Crippen LogP contribution in [0.25, 0.3) is 11.0 Å². The predicted octanol–water partition coefficient (Wildman–Crippen LogP) is 2.49. The zero-order chi connectivity index (χ0) is 8.55. The van der Waals surface area contributed by atoms with Gasteiger partial charge < -0.3 is 9.52 Å². The minimum Gasteiger partial charge on any atom is -0.464 e. The van der Waals surface area contributed by atoms with E-state index < -0.39 is 6.10 Å². The van der Waals surface area contributed by atoms with Gasteiger partial charge in [-0.3, -0.25) is 0 Å². The van der Waals surface area contributed by atoms with E-state index in [0.717, 1.165) is 16.5 Å². The van der Waals surface area contributed by atoms with Crippen LogP contribution in [-0.4, -0.2) is 5.11 Å². The van der Waals surface area contributed by atoms with Crippen LogP contribution in [0.4, 0.5) is 0 Å². The Bertz CT molecular complexity index is 387. The first kappa shape index (κ1) is 7.37. The summed E-state index contributed by atoms with van der Waals surface area (Å²) in [7, 11) is 0. The number of furan rings is 1. The average Bonchev–Trinajstić information content (AvgIpc) is 2.49. The molecule has 2 aromatic rings. The third kappa shape index (κ3) is 1.01. The quantitative estimate of drug-likeness (QED) is 0.698. The van der Waals surface area contributed by atoms with Crippen LogP contribution < -0.4 is 0 Å². The fourth-order valence-electron chi connectivity index (χ4n) is 1.38. The van der Waals surface area contributed by atoms with Crippen molar-refractivity contribution in [2.75, 3.05) is 0 Å². The van der Waals surface area contributed by atoms with Gasteiger partial charge in [-0.1, -0.05) is 12.1 Å². The Kier molecular flexibility index (Phi) is 1.62. The van der Waals surface area contributed by atoms with Gasteiger partial charge in [0.1, 0.15) is 5.58 Å². The second-order valence-corrected chi connectivity index (χ2v) is 2.86. The molecule has 1 aromatic carbocycles. The molecule has 2 heteroatoms. The molecule has 0 amide bonds. The number of aliphatic hydroxyl groups is 1. The van der Waals surface area contributed by atoms with Crippen molar-refractivity contribution >= 4 is 11.0 Å². The first-order chi connectivity index (χ1) is 5.79. The smallest absolute Gasteiger partial charge is 0.134 e. The molecule has 1 aromatic heterocycles. The summed E-state index contributed by atoms with van der Waals surface area (Å²) in [5.41, 5.74) is 1.75. The van der Waals surface area contributed by atoms with Crippen LogP contribution in [0.2, 0.25) is 0 Å². The summed E-state index contributed by atoms with van der Waals surface area (Å²) in [5.74, 6) is 0. The lowest BCUT2D eigenvalue weighted by molar-refractivity contribution is 0.201. The van der Waals surface area contributed by atoms with Gasteiger partial charge in [-0.05, 0) is 24.6 Å². The lowest BCUT2D eigenvalue weighted by Crippen LogP contribution is -1.90. The molecule has 12 heavy (non-hydrogen) atoms. The van der Waals surface area contributed by atoms with Crippen molar-refractivity contribution in [1.82, 2.24) is 0 Å². The summed E-state index contributed by atoms with van der Waals surface area (Å²) in [6.45, 7) is 1.75. The van der Waals surface area contributed by atoms with Crippen LogP contribution in [-0.2, 0) is 0 Å². The zero-order valence-electron chi connectivity index (χ0n) is 6.82. The third-order valence-electron chi connectivity index (χ3n) is 1.98. The Morgan fingerprint density at radius 1 is 1.33 bits per heavy atom. The van der Waals surface area contributed by atoms with Crippen molar-refractivity contribution in [3.8, 4) is 0 Å². The third-order valence-corrected chi connectivity index (χ3v) is 1.98. The molecule has 0 radical (unpaired) electrons. The number of fused-ring (bicyclic) bond motifs is 1. The average molecular weight is 162 g/mol. The molecular formula is C10H10O2. The van der Waals surface area contributed by atoms with E-state index >= 15 is 0 Å². The molecule has 1 atom stereocenters. The molecule has 1 N–H and O–H groups in total. The molecule has 0 aliphatic rings. The highest BCUT2D eigenvalue weighted by molar-refractivity contribution is 5.81. The topological polar surface area (TPSA) is 33.4 Å². The molecule has 1 heterocycles. The Balaban J connectivity index is 2.73. The van der Waals surface area contributed by atoms with Crippen molar-refractivity contribution in [3.63, 3.8) is 0 Å². The second kappa shape index (κ2) is 2.64. The van der Waals surface area contributed by atoms with E-state index in [9.17, 15) is 5.11 Å². The molecule has 2 nitrogen and oxygen atoms in total. The Labute approximate surface area is 70.4 Å². The van der Waals surface area contributed by atoms with Gasteiger partial charge in [-0.2, -0.15) is 0 Å². The SMILES string of the molecule is C[C@H](O)c1cccc2occc12. The molecule has 0 aliphatic heterocycles. The maximum absolute atomic E-state index is 9.40. The predicted molar refractivity (Wildman–Crippen MR) is 46.8 cm³/mol. The second-order valence-electron chi connectivity index (χ2n) is 2.86. The van der Waals surface area contributed by atoms with E-state index in [2.05, 4.69) is 0 Å². The van der Waals surface area contributed by atoms with Crippen molar-refractivity contribution in [2.24, 2.45) is 0 Å². The number of hydrogen-bond donors (Lipinski definition) is 1. The molecule has 0 saturated heterocycles. The van der Waals surface area contributed by atoms with E-state index in [1.807, 2.05) is 24.3 Å². The minimum absolute atomic E-state index is 0.439. The lowest BCUT2D eigenvalue weighted by atomic mass is 10.1. The van der Waals surface area contributed by atoms with E-state index in [-0.39, 0.29) is 0 Å². The van der Waals surface area contributed by atoms with E-state index in [1.165, 1.54) is 0 Å². The van der Waals surface area contributed by atoms with Crippen molar-refractivity contribution in [1.29, 1.82) is 0 Å². The van der Waals surface area contributed by atoms with Crippen molar-refractivity contribution in [2.45, 2.75) is 13.0 Å². The number of benzene rings is 1. The maximum Gasteiger partial charge on any atom is 0.134 e. The van der Waals surface area contributed by atoms with E-state index in [1.54, 1.807) is 13.2 Å². The molecule has 0 aliphatic carbocycles. The molecule has 0 bridgehead atoms. The van der Waals surface area contributed by atoms with Gasteiger partial charge in [0, 0.05) is 5.39 Å². The van der Waals surface area contributed by atoms with Crippen molar-refractivity contribution < 1.29 is 9.52 Å². The Hall–Kier alpha value is -1.28. The van der Waals surface area contributed by atoms with Gasteiger partial charge in [0.05, 0.1) is 12.4 Å². The molecule has 2 rings (SSSR count). The Morgan fingerprint density at radius 2 is 2.17 bits per heavy atom. The first-order valence-corrected chi connectivity index (χ1v) is 3.93. The van der Waals surface area contributed by atoms with Crippen LogP contribution in [0.15, 0.2) is 34.9 Å². The summed E-state index contributed by atoms with van der Waals surface area (Å²) in [5, 5.41) is 10.4. The van der Waals surface area contributed by atoms with Crippen LogP contribution in [0, 0.1) is 0 Å². The largest absolute Gasteiger partial charge is 0.464 e. The standard InChI is InChI=1S/C10H10O2/c1-7(11)8-3-2-4-10-9(8)5-6-12-10/h2-7,11H,1H3/t7-/m0/s1. The molecule has 0 saturated carbocycles. The highest BCUT2D eigenvalue weighted by Crippen LogP contribution is 2.24. The molecule has 0 spiro atoms. The van der Waals surface area contributed by atoms with Gasteiger partial charge in [-0.15, -0.1) is 0 Å².